The van der Waals surface area contributed by atoms with E-state index in [-0.39, 0.29) is 23.8 Å². The third-order valence-electron chi connectivity index (χ3n) is 5.21. The molecule has 2 aliphatic rings. The largest absolute Gasteiger partial charge is 0.481 e. The molecule has 0 saturated heterocycles. The number of rotatable bonds is 6. The Morgan fingerprint density at radius 2 is 1.72 bits per heavy atom. The highest BCUT2D eigenvalue weighted by atomic mass is 19.1. The van der Waals surface area contributed by atoms with E-state index in [1.165, 1.54) is 12.1 Å². The van der Waals surface area contributed by atoms with Crippen molar-refractivity contribution in [1.82, 2.24) is 10.2 Å². The highest BCUT2D eigenvalue weighted by Crippen LogP contribution is 2.28. The van der Waals surface area contributed by atoms with E-state index in [4.69, 9.17) is 5.11 Å². The Bertz CT molecular complexity index is 608. The topological polar surface area (TPSA) is 69.6 Å². The number of amides is 2. The fourth-order valence-electron chi connectivity index (χ4n) is 3.48. The number of hydrogen-bond acceptors (Lipinski definition) is 2. The van der Waals surface area contributed by atoms with Gasteiger partial charge in [-0.2, -0.15) is 0 Å². The zero-order valence-electron chi connectivity index (χ0n) is 14.3. The van der Waals surface area contributed by atoms with Gasteiger partial charge in [0, 0.05) is 18.6 Å². The molecule has 136 valence electrons. The summed E-state index contributed by atoms with van der Waals surface area (Å²) in [6.07, 6.45) is 5.46. The third-order valence-corrected chi connectivity index (χ3v) is 5.21. The molecule has 0 unspecified atom stereocenters. The van der Waals surface area contributed by atoms with Gasteiger partial charge in [-0.05, 0) is 62.6 Å². The van der Waals surface area contributed by atoms with E-state index in [9.17, 15) is 14.0 Å². The summed E-state index contributed by atoms with van der Waals surface area (Å²) in [7, 11) is 0. The van der Waals surface area contributed by atoms with Gasteiger partial charge < -0.3 is 15.3 Å². The Balaban J connectivity index is 1.49. The quantitative estimate of drug-likeness (QED) is 0.829. The van der Waals surface area contributed by atoms with Gasteiger partial charge >= 0.3 is 12.0 Å². The number of carboxylic acids is 1. The summed E-state index contributed by atoms with van der Waals surface area (Å²) in [5, 5.41) is 12.1. The van der Waals surface area contributed by atoms with E-state index in [1.807, 2.05) is 4.90 Å². The average Bonchev–Trinajstić information content (AvgIpc) is 3.42. The number of carbonyl (C=O) groups is 2. The number of urea groups is 1. The van der Waals surface area contributed by atoms with E-state index in [1.54, 1.807) is 12.1 Å². The number of carbonyl (C=O) groups excluding carboxylic acids is 1. The van der Waals surface area contributed by atoms with Crippen LogP contribution < -0.4 is 5.32 Å². The predicted molar refractivity (Wildman–Crippen MR) is 91.7 cm³/mol. The summed E-state index contributed by atoms with van der Waals surface area (Å²) in [6.45, 7) is 0.618. The van der Waals surface area contributed by atoms with Crippen molar-refractivity contribution in [3.8, 4) is 0 Å². The van der Waals surface area contributed by atoms with Gasteiger partial charge in [-0.3, -0.25) is 4.79 Å². The highest BCUT2D eigenvalue weighted by molar-refractivity contribution is 5.75. The van der Waals surface area contributed by atoms with Crippen LogP contribution in [0.15, 0.2) is 24.3 Å². The summed E-state index contributed by atoms with van der Waals surface area (Å²) in [5.41, 5.74) is 1.02. The van der Waals surface area contributed by atoms with Gasteiger partial charge in [0.05, 0.1) is 5.92 Å². The molecule has 1 aromatic rings. The fourth-order valence-corrected chi connectivity index (χ4v) is 3.48. The molecule has 0 spiro atoms. The van der Waals surface area contributed by atoms with E-state index in [0.717, 1.165) is 31.2 Å². The molecule has 25 heavy (non-hydrogen) atoms. The van der Waals surface area contributed by atoms with Crippen LogP contribution in [0, 0.1) is 11.7 Å². The molecule has 0 atom stereocenters. The molecule has 2 aliphatic carbocycles. The Labute approximate surface area is 147 Å². The van der Waals surface area contributed by atoms with Gasteiger partial charge in [-0.1, -0.05) is 12.1 Å². The molecule has 0 radical (unpaired) electrons. The van der Waals surface area contributed by atoms with Crippen LogP contribution in [-0.4, -0.2) is 40.6 Å². The molecule has 2 saturated carbocycles. The van der Waals surface area contributed by atoms with Crippen LogP contribution in [0.25, 0.3) is 0 Å². The molecule has 0 bridgehead atoms. The van der Waals surface area contributed by atoms with E-state index in [2.05, 4.69) is 5.32 Å². The summed E-state index contributed by atoms with van der Waals surface area (Å²) in [4.78, 5) is 25.5. The zero-order valence-corrected chi connectivity index (χ0v) is 14.3. The Morgan fingerprint density at radius 1 is 1.08 bits per heavy atom. The van der Waals surface area contributed by atoms with Crippen molar-refractivity contribution < 1.29 is 19.1 Å². The van der Waals surface area contributed by atoms with Crippen LogP contribution in [0.1, 0.15) is 44.1 Å². The number of benzene rings is 1. The number of aliphatic carboxylic acids is 1. The van der Waals surface area contributed by atoms with E-state index < -0.39 is 5.97 Å². The van der Waals surface area contributed by atoms with Crippen LogP contribution in [-0.2, 0) is 11.2 Å². The van der Waals surface area contributed by atoms with Gasteiger partial charge in [-0.15, -0.1) is 0 Å². The summed E-state index contributed by atoms with van der Waals surface area (Å²) in [6, 6.07) is 6.71. The molecule has 5 nitrogen and oxygen atoms in total. The average molecular weight is 348 g/mol. The third kappa shape index (κ3) is 4.94. The normalized spacial score (nSPS) is 23.1. The van der Waals surface area contributed by atoms with Crippen LogP contribution in [0.3, 0.4) is 0 Å². The molecule has 0 heterocycles. The Kier molecular flexibility index (Phi) is 5.56. The Hall–Kier alpha value is -2.11. The van der Waals surface area contributed by atoms with Crippen LogP contribution in [0.5, 0.6) is 0 Å². The van der Waals surface area contributed by atoms with Crippen molar-refractivity contribution in [3.63, 3.8) is 0 Å². The highest BCUT2D eigenvalue weighted by Gasteiger charge is 2.34. The molecule has 2 fully saturated rings. The standard InChI is InChI=1S/C19H25FN2O3/c20-15-5-1-13(2-6-15)11-12-22(17-9-10-17)19(25)21-16-7-3-14(4-8-16)18(23)24/h1-2,5-6,14,16-17H,3-4,7-12H2,(H,21,25)(H,23,24). The van der Waals surface area contributed by atoms with Crippen LogP contribution in [0.2, 0.25) is 0 Å². The molecule has 2 amide bonds. The summed E-state index contributed by atoms with van der Waals surface area (Å²) in [5.74, 6) is -1.26. The minimum Gasteiger partial charge on any atom is -0.481 e. The molecule has 1 aromatic carbocycles. The van der Waals surface area contributed by atoms with E-state index in [0.29, 0.717) is 31.8 Å². The smallest absolute Gasteiger partial charge is 0.317 e. The second-order valence-electron chi connectivity index (χ2n) is 7.14. The van der Waals surface area contributed by atoms with Gasteiger partial charge in [0.2, 0.25) is 0 Å². The van der Waals surface area contributed by atoms with Crippen molar-refractivity contribution in [2.75, 3.05) is 6.54 Å². The monoisotopic (exact) mass is 348 g/mol. The maximum Gasteiger partial charge on any atom is 0.317 e. The van der Waals surface area contributed by atoms with Gasteiger partial charge in [-0.25, -0.2) is 9.18 Å². The van der Waals surface area contributed by atoms with E-state index >= 15 is 0 Å². The molecule has 3 rings (SSSR count). The Morgan fingerprint density at radius 3 is 2.28 bits per heavy atom. The first kappa shape index (κ1) is 17.7. The predicted octanol–water partition coefficient (Wildman–Crippen LogP) is 3.19. The summed E-state index contributed by atoms with van der Waals surface area (Å²) >= 11 is 0. The molecule has 2 N–H and O–H groups in total. The number of nitrogens with one attached hydrogen (secondary N) is 1. The molecule has 0 aromatic heterocycles. The lowest BCUT2D eigenvalue weighted by Crippen LogP contribution is -2.47. The molecular weight excluding hydrogens is 323 g/mol. The van der Waals surface area contributed by atoms with Crippen molar-refractivity contribution in [1.29, 1.82) is 0 Å². The van der Waals surface area contributed by atoms with Crippen molar-refractivity contribution in [2.24, 2.45) is 5.92 Å². The van der Waals surface area contributed by atoms with Crippen molar-refractivity contribution in [3.05, 3.63) is 35.6 Å². The first-order valence-electron chi connectivity index (χ1n) is 9.07. The summed E-state index contributed by atoms with van der Waals surface area (Å²) < 4.78 is 13.0. The van der Waals surface area contributed by atoms with Gasteiger partial charge in [0.25, 0.3) is 0 Å². The van der Waals surface area contributed by atoms with Crippen LogP contribution >= 0.6 is 0 Å². The zero-order chi connectivity index (χ0) is 17.8. The molecular formula is C19H25FN2O3. The number of halogens is 1. The number of nitrogens with zero attached hydrogens (tertiary/aromatic N) is 1. The van der Waals surface area contributed by atoms with Crippen LogP contribution in [0.4, 0.5) is 9.18 Å². The lowest BCUT2D eigenvalue weighted by atomic mass is 9.86. The fraction of sp³-hybridized carbons (Fsp3) is 0.579. The van der Waals surface area contributed by atoms with Crippen molar-refractivity contribution in [2.45, 2.75) is 57.0 Å². The van der Waals surface area contributed by atoms with Crippen molar-refractivity contribution >= 4 is 12.0 Å². The minimum absolute atomic E-state index is 0.0524. The lowest BCUT2D eigenvalue weighted by Gasteiger charge is -2.30. The van der Waals surface area contributed by atoms with Gasteiger partial charge in [0.1, 0.15) is 5.82 Å². The SMILES string of the molecule is O=C(O)C1CCC(NC(=O)N(CCc2ccc(F)cc2)C2CC2)CC1. The molecule has 0 aliphatic heterocycles. The first-order chi connectivity index (χ1) is 12.0. The maximum atomic E-state index is 13.0. The maximum absolute atomic E-state index is 13.0. The minimum atomic E-state index is -0.733. The molecule has 6 heteroatoms. The van der Waals surface area contributed by atoms with Gasteiger partial charge in [0.15, 0.2) is 0 Å². The number of hydrogen-bond donors (Lipinski definition) is 2. The first-order valence-corrected chi connectivity index (χ1v) is 9.07. The second-order valence-corrected chi connectivity index (χ2v) is 7.14. The lowest BCUT2D eigenvalue weighted by molar-refractivity contribution is -0.142. The second kappa shape index (κ2) is 7.85. The number of carboxylic acid groups (broad SMARTS) is 1.